The lowest BCUT2D eigenvalue weighted by Crippen LogP contribution is -2.14. The van der Waals surface area contributed by atoms with Crippen LogP contribution in [0, 0.1) is 6.92 Å². The molecule has 0 bridgehead atoms. The molecule has 1 heterocycles. The topological polar surface area (TPSA) is 68.2 Å². The minimum atomic E-state index is -3.73. The highest BCUT2D eigenvalue weighted by Crippen LogP contribution is 2.24. The minimum absolute atomic E-state index is 0.111. The van der Waals surface area contributed by atoms with Gasteiger partial charge in [-0.1, -0.05) is 59.4 Å². The van der Waals surface area contributed by atoms with Crippen LogP contribution in [0.4, 0.5) is 5.69 Å². The third-order valence-electron chi connectivity index (χ3n) is 4.44. The molecule has 0 aliphatic rings. The molecule has 0 saturated carbocycles. The molecule has 0 aliphatic heterocycles. The van der Waals surface area contributed by atoms with Gasteiger partial charge in [-0.25, -0.2) is 8.42 Å². The summed E-state index contributed by atoms with van der Waals surface area (Å²) in [5, 5.41) is 0. The van der Waals surface area contributed by atoms with E-state index in [1.54, 1.807) is 28.8 Å². The summed E-state index contributed by atoms with van der Waals surface area (Å²) in [6.45, 7) is 2.39. The van der Waals surface area contributed by atoms with E-state index < -0.39 is 10.0 Å². The van der Waals surface area contributed by atoms with Gasteiger partial charge in [0.15, 0.2) is 0 Å². The molecule has 0 fully saturated rings. The summed E-state index contributed by atoms with van der Waals surface area (Å²) in [4.78, 5) is 12.5. The predicted octanol–water partition coefficient (Wildman–Crippen LogP) is 4.22. The van der Waals surface area contributed by atoms with Gasteiger partial charge in [0.1, 0.15) is 0 Å². The van der Waals surface area contributed by atoms with Crippen molar-refractivity contribution in [1.82, 2.24) is 4.57 Å². The van der Waals surface area contributed by atoms with Crippen LogP contribution in [-0.2, 0) is 16.6 Å². The summed E-state index contributed by atoms with van der Waals surface area (Å²) in [6.07, 6.45) is 0. The van der Waals surface area contributed by atoms with Crippen LogP contribution in [0.5, 0.6) is 0 Å². The number of aromatic nitrogens is 1. The number of anilines is 1. The third kappa shape index (κ3) is 3.72. The zero-order valence-corrected chi connectivity index (χ0v) is 16.8. The first-order chi connectivity index (χ1) is 13.4. The van der Waals surface area contributed by atoms with Crippen molar-refractivity contribution in [2.75, 3.05) is 4.72 Å². The van der Waals surface area contributed by atoms with Crippen molar-refractivity contribution in [3.05, 3.63) is 93.6 Å². The first-order valence-corrected chi connectivity index (χ1v) is 11.0. The Balaban J connectivity index is 1.68. The number of sulfonamides is 1. The lowest BCUT2D eigenvalue weighted by atomic mass is 10.2. The Hall–Kier alpha value is -2.90. The highest BCUT2D eigenvalue weighted by molar-refractivity contribution is 7.92. The molecular weight excluding hydrogens is 392 g/mol. The van der Waals surface area contributed by atoms with Crippen LogP contribution >= 0.6 is 11.3 Å². The largest absolute Gasteiger partial charge is 0.308 e. The Labute approximate surface area is 166 Å². The average Bonchev–Trinajstić information content (AvgIpc) is 2.99. The Morgan fingerprint density at radius 3 is 2.39 bits per heavy atom. The second kappa shape index (κ2) is 7.26. The molecule has 0 saturated heterocycles. The lowest BCUT2D eigenvalue weighted by molar-refractivity contribution is 0.601. The molecular formula is C21H18N2O3S2. The number of benzene rings is 3. The van der Waals surface area contributed by atoms with Gasteiger partial charge in [0.2, 0.25) is 0 Å². The maximum atomic E-state index is 12.7. The molecule has 28 heavy (non-hydrogen) atoms. The molecule has 0 aliphatic carbocycles. The van der Waals surface area contributed by atoms with Gasteiger partial charge >= 0.3 is 4.87 Å². The lowest BCUT2D eigenvalue weighted by Gasteiger charge is -2.09. The minimum Gasteiger partial charge on any atom is -0.294 e. The highest BCUT2D eigenvalue weighted by Gasteiger charge is 2.17. The van der Waals surface area contributed by atoms with E-state index in [1.807, 2.05) is 49.4 Å². The Bertz CT molecular complexity index is 1290. The number of hydrogen-bond acceptors (Lipinski definition) is 4. The fourth-order valence-electron chi connectivity index (χ4n) is 2.97. The second-order valence-electron chi connectivity index (χ2n) is 6.54. The molecule has 142 valence electrons. The molecule has 1 N–H and O–H groups in total. The molecule has 5 nitrogen and oxygen atoms in total. The van der Waals surface area contributed by atoms with Gasteiger partial charge in [0, 0.05) is 5.69 Å². The number of nitrogens with one attached hydrogen (secondary N) is 1. The monoisotopic (exact) mass is 410 g/mol. The van der Waals surface area contributed by atoms with Crippen molar-refractivity contribution in [3.8, 4) is 0 Å². The maximum Gasteiger partial charge on any atom is 0.308 e. The fraction of sp³-hybridized carbons (Fsp3) is 0.0952. The summed E-state index contributed by atoms with van der Waals surface area (Å²) in [7, 11) is -3.73. The number of nitrogens with zero attached hydrogens (tertiary/aromatic N) is 1. The van der Waals surface area contributed by atoms with Crippen molar-refractivity contribution < 1.29 is 8.42 Å². The summed E-state index contributed by atoms with van der Waals surface area (Å²) < 4.78 is 30.3. The molecule has 0 atom stereocenters. The normalized spacial score (nSPS) is 11.6. The standard InChI is InChI=1S/C21H18N2O3S2/c1-15-7-9-17(10-8-15)22-28(25,26)18-11-12-19-20(13-18)27-21(24)23(19)14-16-5-3-2-4-6-16/h2-13,22H,14H2,1H3. The first-order valence-electron chi connectivity index (χ1n) is 8.69. The van der Waals surface area contributed by atoms with Gasteiger partial charge in [-0.3, -0.25) is 14.1 Å². The van der Waals surface area contributed by atoms with Crippen molar-refractivity contribution >= 4 is 37.3 Å². The van der Waals surface area contributed by atoms with E-state index >= 15 is 0 Å². The van der Waals surface area contributed by atoms with E-state index in [-0.39, 0.29) is 9.77 Å². The average molecular weight is 411 g/mol. The Kier molecular flexibility index (Phi) is 4.78. The molecule has 0 unspecified atom stereocenters. The number of aryl methyl sites for hydroxylation is 1. The van der Waals surface area contributed by atoms with Crippen LogP contribution in [0.3, 0.4) is 0 Å². The quantitative estimate of drug-likeness (QED) is 0.536. The van der Waals surface area contributed by atoms with E-state index in [9.17, 15) is 13.2 Å². The van der Waals surface area contributed by atoms with Crippen molar-refractivity contribution in [3.63, 3.8) is 0 Å². The van der Waals surface area contributed by atoms with Crippen molar-refractivity contribution in [2.45, 2.75) is 18.4 Å². The first kappa shape index (κ1) is 18.5. The second-order valence-corrected chi connectivity index (χ2v) is 9.22. The van der Waals surface area contributed by atoms with Crippen LogP contribution < -0.4 is 9.60 Å². The summed E-state index contributed by atoms with van der Waals surface area (Å²) in [5.41, 5.74) is 3.30. The maximum absolute atomic E-state index is 12.7. The Morgan fingerprint density at radius 1 is 0.964 bits per heavy atom. The molecule has 7 heteroatoms. The number of thiazole rings is 1. The van der Waals surface area contributed by atoms with E-state index in [0.29, 0.717) is 16.9 Å². The Morgan fingerprint density at radius 2 is 1.68 bits per heavy atom. The molecule has 4 rings (SSSR count). The summed E-state index contributed by atoms with van der Waals surface area (Å²) in [6, 6.07) is 21.6. The van der Waals surface area contributed by atoms with Crippen LogP contribution in [0.25, 0.3) is 10.2 Å². The van der Waals surface area contributed by atoms with Crippen molar-refractivity contribution in [2.24, 2.45) is 0 Å². The van der Waals surface area contributed by atoms with Crippen LogP contribution in [-0.4, -0.2) is 13.0 Å². The molecule has 0 amide bonds. The summed E-state index contributed by atoms with van der Waals surface area (Å²) in [5.74, 6) is 0. The van der Waals surface area contributed by atoms with Gasteiger partial charge in [0.25, 0.3) is 10.0 Å². The van der Waals surface area contributed by atoms with Gasteiger partial charge in [-0.05, 0) is 42.8 Å². The highest BCUT2D eigenvalue weighted by atomic mass is 32.2. The SMILES string of the molecule is Cc1ccc(NS(=O)(=O)c2ccc3c(c2)sc(=O)n3Cc2ccccc2)cc1. The van der Waals surface area contributed by atoms with E-state index in [0.717, 1.165) is 28.0 Å². The van der Waals surface area contributed by atoms with Crippen LogP contribution in [0.2, 0.25) is 0 Å². The number of hydrogen-bond donors (Lipinski definition) is 1. The van der Waals surface area contributed by atoms with E-state index in [2.05, 4.69) is 4.72 Å². The molecule has 0 radical (unpaired) electrons. The smallest absolute Gasteiger partial charge is 0.294 e. The molecule has 0 spiro atoms. The van der Waals surface area contributed by atoms with Gasteiger partial charge in [0.05, 0.1) is 21.7 Å². The predicted molar refractivity (Wildman–Crippen MR) is 114 cm³/mol. The molecule has 1 aromatic heterocycles. The fourth-order valence-corrected chi connectivity index (χ4v) is 5.05. The number of fused-ring (bicyclic) bond motifs is 1. The van der Waals surface area contributed by atoms with E-state index in [1.165, 1.54) is 6.07 Å². The van der Waals surface area contributed by atoms with Gasteiger partial charge < -0.3 is 0 Å². The molecule has 4 aromatic rings. The van der Waals surface area contributed by atoms with E-state index in [4.69, 9.17) is 0 Å². The summed E-state index contributed by atoms with van der Waals surface area (Å²) >= 11 is 1.05. The van der Waals surface area contributed by atoms with Crippen molar-refractivity contribution in [1.29, 1.82) is 0 Å². The zero-order chi connectivity index (χ0) is 19.7. The van der Waals surface area contributed by atoms with Gasteiger partial charge in [-0.2, -0.15) is 0 Å². The zero-order valence-electron chi connectivity index (χ0n) is 15.1. The van der Waals surface area contributed by atoms with Crippen LogP contribution in [0.15, 0.2) is 82.5 Å². The third-order valence-corrected chi connectivity index (χ3v) is 6.76. The van der Waals surface area contributed by atoms with Gasteiger partial charge in [-0.15, -0.1) is 0 Å². The van der Waals surface area contributed by atoms with Crippen LogP contribution in [0.1, 0.15) is 11.1 Å². The number of rotatable bonds is 5. The molecule has 3 aromatic carbocycles.